The topological polar surface area (TPSA) is 177 Å². The van der Waals surface area contributed by atoms with E-state index in [4.69, 9.17) is 14.3 Å². The minimum Gasteiger partial charge on any atom is -0.477 e. The van der Waals surface area contributed by atoms with Crippen LogP contribution in [0.1, 0.15) is 20.4 Å². The van der Waals surface area contributed by atoms with E-state index in [1.807, 2.05) is 0 Å². The minimum atomic E-state index is -2.94. The van der Waals surface area contributed by atoms with Gasteiger partial charge in [0.25, 0.3) is 16.9 Å². The highest BCUT2D eigenvalue weighted by Gasteiger charge is 2.54. The fourth-order valence-corrected chi connectivity index (χ4v) is 6.09. The van der Waals surface area contributed by atoms with Crippen molar-refractivity contribution in [2.24, 2.45) is 5.16 Å². The van der Waals surface area contributed by atoms with Gasteiger partial charge < -0.3 is 25.4 Å². The van der Waals surface area contributed by atoms with Crippen molar-refractivity contribution in [3.8, 4) is 0 Å². The first-order chi connectivity index (χ1) is 17.5. The number of thioether (sulfide) groups is 2. The summed E-state index contributed by atoms with van der Waals surface area (Å²) in [6, 6.07) is 1.92. The number of carbonyl (C=O) groups is 4. The number of anilines is 1. The van der Waals surface area contributed by atoms with Gasteiger partial charge in [-0.05, 0) is 17.7 Å². The van der Waals surface area contributed by atoms with E-state index >= 15 is 0 Å². The lowest BCUT2D eigenvalue weighted by Crippen LogP contribution is -2.71. The average Bonchev–Trinajstić information content (AvgIpc) is 3.52. The molecule has 34 heavy (non-hydrogen) atoms. The molecule has 0 aliphatic carbocycles. The number of oxime groups is 1. The maximum Gasteiger partial charge on any atom is 0.352 e. The molecular weight excluding hydrogens is 507 g/mol. The van der Waals surface area contributed by atoms with Crippen molar-refractivity contribution in [2.45, 2.75) is 11.4 Å². The molecule has 12 nitrogen and oxygen atoms in total. The Hall–Kier alpha value is -3.30. The lowest BCUT2D eigenvalue weighted by molar-refractivity contribution is -0.150. The highest BCUT2D eigenvalue weighted by Crippen LogP contribution is 2.41. The van der Waals surface area contributed by atoms with Crippen molar-refractivity contribution < 1.29 is 37.7 Å². The number of furan rings is 1. The van der Waals surface area contributed by atoms with Gasteiger partial charge in [0.05, 0.1) is 10.4 Å². The van der Waals surface area contributed by atoms with E-state index in [1.165, 1.54) is 29.5 Å². The second kappa shape index (κ2) is 9.90. The number of amides is 2. The van der Waals surface area contributed by atoms with Gasteiger partial charge in [0.2, 0.25) is 0 Å². The Morgan fingerprint density at radius 2 is 2.35 bits per heavy atom. The number of hydrogen-bond donors (Lipinski definition) is 3. The van der Waals surface area contributed by atoms with Gasteiger partial charge >= 0.3 is 5.97 Å². The van der Waals surface area contributed by atoms with Crippen molar-refractivity contribution in [1.82, 2.24) is 15.2 Å². The van der Waals surface area contributed by atoms with Crippen LogP contribution in [0.25, 0.3) is 0 Å². The Morgan fingerprint density at radius 3 is 3.00 bits per heavy atom. The third kappa shape index (κ3) is 4.53. The molecule has 4 N–H and O–H groups in total. The van der Waals surface area contributed by atoms with Crippen molar-refractivity contribution >= 4 is 68.6 Å². The Balaban J connectivity index is 1.49. The molecule has 15 heteroatoms. The van der Waals surface area contributed by atoms with Crippen LogP contribution in [0.5, 0.6) is 0 Å². The summed E-state index contributed by atoms with van der Waals surface area (Å²) in [5.41, 5.74) is 5.12. The van der Waals surface area contributed by atoms with Crippen LogP contribution in [-0.2, 0) is 19.2 Å². The number of aromatic nitrogens is 1. The fraction of sp³-hybridized carbons (Fsp3) is 0.263. The van der Waals surface area contributed by atoms with Crippen molar-refractivity contribution in [1.29, 1.82) is 0 Å². The molecule has 2 amide bonds. The number of rotatable bonds is 8. The molecule has 1 fully saturated rings. The number of nitrogens with one attached hydrogen (secondary N) is 1. The van der Waals surface area contributed by atoms with E-state index in [-0.39, 0.29) is 38.9 Å². The van der Waals surface area contributed by atoms with Gasteiger partial charge in [-0.3, -0.25) is 19.3 Å². The predicted octanol–water partition coefficient (Wildman–Crippen LogP) is 0.981. The first kappa shape index (κ1) is 20.1. The lowest BCUT2D eigenvalue weighted by atomic mass is 10.0. The van der Waals surface area contributed by atoms with E-state index in [0.29, 0.717) is 5.57 Å². The summed E-state index contributed by atoms with van der Waals surface area (Å²) in [7, 11) is -2.94. The molecule has 0 unspecified atom stereocenters. The SMILES string of the molecule is [2H][13C]([2H])([2H])O/N=C(\C(=O)N[C@@H]1C(=O)N2C(C(=O)O)=C(CSC(=O)c3ccco3)CS[C@H]12)c1csc(N)n1. The summed E-state index contributed by atoms with van der Waals surface area (Å²) in [5.74, 6) is -2.68. The van der Waals surface area contributed by atoms with Crippen LogP contribution >= 0.6 is 34.9 Å². The molecule has 4 heterocycles. The molecule has 2 aromatic rings. The predicted molar refractivity (Wildman–Crippen MR) is 125 cm³/mol. The number of thiazole rings is 1. The number of nitrogens with zero attached hydrogens (tertiary/aromatic N) is 3. The summed E-state index contributed by atoms with van der Waals surface area (Å²) in [6.07, 6.45) is 1.35. The van der Waals surface area contributed by atoms with Crippen LogP contribution in [0, 0.1) is 0 Å². The molecule has 0 spiro atoms. The van der Waals surface area contributed by atoms with Crippen LogP contribution < -0.4 is 11.1 Å². The molecule has 2 aliphatic heterocycles. The van der Waals surface area contributed by atoms with Crippen LogP contribution in [0.3, 0.4) is 0 Å². The molecule has 2 aromatic heterocycles. The summed E-state index contributed by atoms with van der Waals surface area (Å²) in [5, 5.41) is 15.9. The van der Waals surface area contributed by atoms with Gasteiger partial charge in [-0.2, -0.15) is 0 Å². The molecule has 1 saturated heterocycles. The zero-order chi connectivity index (χ0) is 26.9. The highest BCUT2D eigenvalue weighted by atomic mass is 32.2. The normalized spacial score (nSPS) is 21.6. The third-order valence-corrected chi connectivity index (χ3v) is 7.72. The summed E-state index contributed by atoms with van der Waals surface area (Å²) >= 11 is 3.02. The molecule has 0 aromatic carbocycles. The van der Waals surface area contributed by atoms with E-state index in [2.05, 4.69) is 20.3 Å². The van der Waals surface area contributed by atoms with Crippen LogP contribution in [0.4, 0.5) is 5.13 Å². The maximum atomic E-state index is 12.9. The molecule has 178 valence electrons. The van der Waals surface area contributed by atoms with Gasteiger partial charge in [0.1, 0.15) is 29.8 Å². The zero-order valence-electron chi connectivity index (χ0n) is 19.9. The molecule has 0 radical (unpaired) electrons. The fourth-order valence-electron chi connectivity index (χ4n) is 3.27. The van der Waals surface area contributed by atoms with E-state index in [1.54, 1.807) is 6.07 Å². The van der Waals surface area contributed by atoms with Gasteiger partial charge in [0.15, 0.2) is 16.6 Å². The van der Waals surface area contributed by atoms with Gasteiger partial charge in [0, 0.05) is 16.9 Å². The molecule has 0 bridgehead atoms. The lowest BCUT2D eigenvalue weighted by Gasteiger charge is -2.49. The van der Waals surface area contributed by atoms with Crippen molar-refractivity contribution in [3.63, 3.8) is 0 Å². The van der Waals surface area contributed by atoms with E-state index in [9.17, 15) is 24.3 Å². The molecule has 4 rings (SSSR count). The second-order valence-electron chi connectivity index (χ2n) is 6.77. The minimum absolute atomic E-state index is 0.0240. The molecular formula is C19H17N5O7S3. The second-order valence-corrected chi connectivity index (χ2v) is 9.72. The summed E-state index contributed by atoms with van der Waals surface area (Å²) in [6.45, 7) is 0. The third-order valence-electron chi connectivity index (χ3n) is 4.75. The number of nitrogen functional groups attached to an aromatic ring is 1. The zero-order valence-corrected chi connectivity index (χ0v) is 19.4. The molecule has 2 aliphatic rings. The number of carbonyl (C=O) groups excluding carboxylic acids is 3. The standard InChI is InChI=1S/C19H17N5O7S3/c1-30-23-11(9-7-34-19(20)21-9)14(25)22-12-15(26)24-13(17(27)28)8(5-32-16(12)24)6-33-18(29)10-3-2-4-31-10/h2-4,7,12,16H,5-6H2,1H3,(H2,20,21)(H,22,25)(H,27,28)/b23-11-/t12-,16-/m1/s1/i1+1D3. The van der Waals surface area contributed by atoms with Gasteiger partial charge in [-0.15, -0.1) is 23.1 Å². The smallest absolute Gasteiger partial charge is 0.352 e. The Kier molecular flexibility index (Phi) is 5.86. The molecule has 2 atom stereocenters. The summed E-state index contributed by atoms with van der Waals surface area (Å²) < 4.78 is 26.4. The Bertz CT molecular complexity index is 1310. The average molecular weight is 528 g/mol. The number of carboxylic acid groups (broad SMARTS) is 1. The first-order valence-electron chi connectivity index (χ1n) is 10.9. The largest absolute Gasteiger partial charge is 0.477 e. The monoisotopic (exact) mass is 527 g/mol. The number of β-lactam (4-membered cyclic amide) rings is 1. The quantitative estimate of drug-likeness (QED) is 0.193. The van der Waals surface area contributed by atoms with E-state index in [0.717, 1.165) is 28.0 Å². The first-order valence-corrected chi connectivity index (χ1v) is 12.3. The number of aliphatic carboxylic acids is 1. The van der Waals surface area contributed by atoms with Crippen molar-refractivity contribution in [3.05, 3.63) is 46.5 Å². The van der Waals surface area contributed by atoms with Gasteiger partial charge in [-0.25, -0.2) is 9.78 Å². The number of fused-ring (bicyclic) bond motifs is 1. The Morgan fingerprint density at radius 1 is 1.53 bits per heavy atom. The maximum absolute atomic E-state index is 12.9. The number of nitrogens with two attached hydrogens (primary N) is 1. The van der Waals surface area contributed by atoms with E-state index < -0.39 is 41.9 Å². The highest BCUT2D eigenvalue weighted by molar-refractivity contribution is 8.14. The Labute approximate surface area is 208 Å². The number of hydrogen-bond acceptors (Lipinski definition) is 12. The van der Waals surface area contributed by atoms with Gasteiger partial charge in [-0.1, -0.05) is 16.9 Å². The number of carboxylic acids is 1. The van der Waals surface area contributed by atoms with Crippen molar-refractivity contribution in [2.75, 3.05) is 24.3 Å². The van der Waals surface area contributed by atoms with Crippen LogP contribution in [0.2, 0.25) is 0 Å². The van der Waals surface area contributed by atoms with Crippen LogP contribution in [0.15, 0.2) is 44.6 Å². The van der Waals surface area contributed by atoms with Crippen LogP contribution in [-0.4, -0.2) is 73.6 Å². The molecule has 0 saturated carbocycles. The summed E-state index contributed by atoms with van der Waals surface area (Å²) in [4.78, 5) is 59.4.